The van der Waals surface area contributed by atoms with E-state index >= 15 is 0 Å². The number of aromatic nitrogens is 1. The van der Waals surface area contributed by atoms with Crippen LogP contribution in [0.15, 0.2) is 53.4 Å². The highest BCUT2D eigenvalue weighted by Crippen LogP contribution is 2.33. The predicted octanol–water partition coefficient (Wildman–Crippen LogP) is 4.98. The number of carbonyl (C=O) groups excluding carboxylic acids is 2. The first-order valence-corrected chi connectivity index (χ1v) is 10.7. The normalized spacial score (nSPS) is 12.2. The van der Waals surface area contributed by atoms with Crippen LogP contribution in [-0.4, -0.2) is 26.6 Å². The molecular formula is C18H11Cl3N4O2S2. The lowest BCUT2D eigenvalue weighted by Gasteiger charge is -2.24. The molecule has 6 nitrogen and oxygen atoms in total. The first-order chi connectivity index (χ1) is 13.8. The van der Waals surface area contributed by atoms with Gasteiger partial charge in [0.25, 0.3) is 11.8 Å². The number of hydrogen-bond donors (Lipinski definition) is 2. The van der Waals surface area contributed by atoms with Crippen LogP contribution in [0.4, 0.5) is 5.13 Å². The number of nitrogens with one attached hydrogen (secondary N) is 2. The zero-order valence-electron chi connectivity index (χ0n) is 14.4. The number of nitriles is 1. The fourth-order valence-corrected chi connectivity index (χ4v) is 4.21. The van der Waals surface area contributed by atoms with Gasteiger partial charge in [-0.05, 0) is 42.1 Å². The Morgan fingerprint density at radius 2 is 1.90 bits per heavy atom. The summed E-state index contributed by atoms with van der Waals surface area (Å²) in [5.41, 5.74) is 0.966. The van der Waals surface area contributed by atoms with Gasteiger partial charge in [0.15, 0.2) is 11.2 Å². The number of halogens is 3. The maximum atomic E-state index is 12.7. The minimum absolute atomic E-state index is 0.275. The van der Waals surface area contributed by atoms with Crippen molar-refractivity contribution in [3.63, 3.8) is 0 Å². The van der Waals surface area contributed by atoms with Gasteiger partial charge >= 0.3 is 0 Å². The van der Waals surface area contributed by atoms with E-state index in [0.717, 1.165) is 21.4 Å². The Labute approximate surface area is 189 Å². The molecule has 0 radical (unpaired) electrons. The van der Waals surface area contributed by atoms with E-state index in [0.29, 0.717) is 11.1 Å². The molecule has 11 heteroatoms. The molecule has 0 aliphatic rings. The number of thioether (sulfide) groups is 1. The standard InChI is InChI=1S/C18H11Cl3N4O2S2/c19-18(20,21)14(24-15(26)10-4-2-1-3-5-10)16(27)25-17-23-12-7-6-11(28-9-22)8-13(12)29-17/h1-8,14H,(H,24,26)(H,23,25,27)/t14-/m0/s1. The molecule has 2 aromatic carbocycles. The van der Waals surface area contributed by atoms with E-state index in [2.05, 4.69) is 15.6 Å². The monoisotopic (exact) mass is 484 g/mol. The zero-order valence-corrected chi connectivity index (χ0v) is 18.3. The predicted molar refractivity (Wildman–Crippen MR) is 118 cm³/mol. The van der Waals surface area contributed by atoms with Crippen molar-refractivity contribution >= 4 is 85.1 Å². The van der Waals surface area contributed by atoms with Crippen molar-refractivity contribution in [3.8, 4) is 5.40 Å². The number of alkyl halides is 3. The minimum Gasteiger partial charge on any atom is -0.337 e. The van der Waals surface area contributed by atoms with Crippen LogP contribution in [0, 0.1) is 10.7 Å². The summed E-state index contributed by atoms with van der Waals surface area (Å²) in [5.74, 6) is -1.28. The van der Waals surface area contributed by atoms with Crippen LogP contribution in [0.25, 0.3) is 10.2 Å². The Morgan fingerprint density at radius 1 is 1.17 bits per heavy atom. The third kappa shape index (κ3) is 5.53. The topological polar surface area (TPSA) is 94.9 Å². The first kappa shape index (κ1) is 21.7. The molecule has 2 amide bonds. The van der Waals surface area contributed by atoms with Gasteiger partial charge < -0.3 is 5.32 Å². The zero-order chi connectivity index (χ0) is 21.0. The van der Waals surface area contributed by atoms with E-state index in [1.807, 2.05) is 5.40 Å². The Morgan fingerprint density at radius 3 is 2.55 bits per heavy atom. The smallest absolute Gasteiger partial charge is 0.253 e. The maximum Gasteiger partial charge on any atom is 0.253 e. The molecule has 0 unspecified atom stereocenters. The lowest BCUT2D eigenvalue weighted by molar-refractivity contribution is -0.117. The highest BCUT2D eigenvalue weighted by atomic mass is 35.6. The molecule has 1 atom stereocenters. The number of hydrogen-bond acceptors (Lipinski definition) is 6. The van der Waals surface area contributed by atoms with Crippen molar-refractivity contribution in [1.82, 2.24) is 10.3 Å². The molecule has 1 heterocycles. The summed E-state index contributed by atoms with van der Waals surface area (Å²) in [7, 11) is 0. The molecule has 0 aliphatic carbocycles. The average molecular weight is 486 g/mol. The number of rotatable bonds is 5. The van der Waals surface area contributed by atoms with Gasteiger partial charge in [-0.25, -0.2) is 4.98 Å². The Balaban J connectivity index is 1.79. The lowest BCUT2D eigenvalue weighted by Crippen LogP contribution is -2.51. The lowest BCUT2D eigenvalue weighted by atomic mass is 10.2. The third-order valence-corrected chi connectivity index (χ3v) is 5.82. The Bertz CT molecular complexity index is 1090. The number of anilines is 1. The van der Waals surface area contributed by atoms with Gasteiger partial charge in [-0.15, -0.1) is 0 Å². The Kier molecular flexibility index (Phi) is 6.88. The fourth-order valence-electron chi connectivity index (χ4n) is 2.35. The number of nitrogens with zero attached hydrogens (tertiary/aromatic N) is 2. The van der Waals surface area contributed by atoms with Crippen LogP contribution >= 0.6 is 57.9 Å². The van der Waals surface area contributed by atoms with Crippen LogP contribution < -0.4 is 10.6 Å². The molecule has 0 saturated heterocycles. The minimum atomic E-state index is -2.08. The first-order valence-electron chi connectivity index (χ1n) is 7.98. The molecule has 3 aromatic rings. The van der Waals surface area contributed by atoms with E-state index in [1.54, 1.807) is 48.5 Å². The van der Waals surface area contributed by atoms with Gasteiger partial charge in [0.1, 0.15) is 5.40 Å². The second-order valence-corrected chi connectivity index (χ2v) is 9.90. The summed E-state index contributed by atoms with van der Waals surface area (Å²) in [6, 6.07) is 12.1. The van der Waals surface area contributed by atoms with Gasteiger partial charge in [-0.2, -0.15) is 5.26 Å². The second kappa shape index (κ2) is 9.20. The van der Waals surface area contributed by atoms with Gasteiger partial charge in [0.05, 0.1) is 10.2 Å². The number of benzene rings is 2. The van der Waals surface area contributed by atoms with Gasteiger partial charge in [-0.1, -0.05) is 64.3 Å². The van der Waals surface area contributed by atoms with Crippen molar-refractivity contribution in [2.75, 3.05) is 5.32 Å². The number of fused-ring (bicyclic) bond motifs is 1. The molecule has 3 rings (SSSR count). The van der Waals surface area contributed by atoms with Crippen LogP contribution in [-0.2, 0) is 4.79 Å². The van der Waals surface area contributed by atoms with Gasteiger partial charge in [-0.3, -0.25) is 14.9 Å². The summed E-state index contributed by atoms with van der Waals surface area (Å²) >= 11 is 20.0. The largest absolute Gasteiger partial charge is 0.337 e. The molecular weight excluding hydrogens is 475 g/mol. The van der Waals surface area contributed by atoms with Crippen LogP contribution in [0.1, 0.15) is 10.4 Å². The van der Waals surface area contributed by atoms with E-state index < -0.39 is 21.6 Å². The van der Waals surface area contributed by atoms with Crippen molar-refractivity contribution in [3.05, 3.63) is 54.1 Å². The number of thiocyanates is 1. The molecule has 0 bridgehead atoms. The SMILES string of the molecule is N#CSc1ccc2nc(NC(=O)[C@H](NC(=O)c3ccccc3)C(Cl)(Cl)Cl)sc2c1. The summed E-state index contributed by atoms with van der Waals surface area (Å²) in [4.78, 5) is 30.2. The summed E-state index contributed by atoms with van der Waals surface area (Å²) in [6.07, 6.45) is 0. The summed E-state index contributed by atoms with van der Waals surface area (Å²) in [6.45, 7) is 0. The highest BCUT2D eigenvalue weighted by molar-refractivity contribution is 8.03. The molecule has 1 aromatic heterocycles. The van der Waals surface area contributed by atoms with Crippen molar-refractivity contribution in [2.24, 2.45) is 0 Å². The second-order valence-electron chi connectivity index (χ2n) is 5.65. The molecule has 29 heavy (non-hydrogen) atoms. The van der Waals surface area contributed by atoms with Crippen molar-refractivity contribution < 1.29 is 9.59 Å². The van der Waals surface area contributed by atoms with Gasteiger partial charge in [0, 0.05) is 10.5 Å². The fraction of sp³-hybridized carbons (Fsp3) is 0.111. The highest BCUT2D eigenvalue weighted by Gasteiger charge is 2.40. The third-order valence-electron chi connectivity index (χ3n) is 3.65. The average Bonchev–Trinajstić information content (AvgIpc) is 3.07. The van der Waals surface area contributed by atoms with E-state index in [1.165, 1.54) is 11.3 Å². The van der Waals surface area contributed by atoms with E-state index in [9.17, 15) is 9.59 Å². The number of thiazole rings is 1. The summed E-state index contributed by atoms with van der Waals surface area (Å²) in [5, 5.41) is 16.1. The molecule has 0 spiro atoms. The van der Waals surface area contributed by atoms with E-state index in [4.69, 9.17) is 40.1 Å². The number of carbonyl (C=O) groups is 2. The molecule has 0 aliphatic heterocycles. The Hall–Kier alpha value is -2.02. The van der Waals surface area contributed by atoms with Crippen LogP contribution in [0.2, 0.25) is 0 Å². The maximum absolute atomic E-state index is 12.7. The number of amides is 2. The van der Waals surface area contributed by atoms with E-state index in [-0.39, 0.29) is 5.13 Å². The van der Waals surface area contributed by atoms with Crippen molar-refractivity contribution in [1.29, 1.82) is 5.26 Å². The van der Waals surface area contributed by atoms with Crippen LogP contribution in [0.5, 0.6) is 0 Å². The molecule has 2 N–H and O–H groups in total. The molecule has 0 fully saturated rings. The van der Waals surface area contributed by atoms with Gasteiger partial charge in [0.2, 0.25) is 3.79 Å². The molecule has 148 valence electrons. The van der Waals surface area contributed by atoms with Crippen molar-refractivity contribution in [2.45, 2.75) is 14.7 Å². The summed E-state index contributed by atoms with van der Waals surface area (Å²) < 4.78 is -1.30. The van der Waals surface area contributed by atoms with Crippen LogP contribution in [0.3, 0.4) is 0 Å². The quantitative estimate of drug-likeness (QED) is 0.302. The molecule has 0 saturated carbocycles.